The lowest BCUT2D eigenvalue weighted by Crippen LogP contribution is -2.14. The number of rotatable bonds is 4. The van der Waals surface area contributed by atoms with Crippen LogP contribution in [0.3, 0.4) is 0 Å². The van der Waals surface area contributed by atoms with Gasteiger partial charge in [-0.3, -0.25) is 4.72 Å². The van der Waals surface area contributed by atoms with Crippen molar-refractivity contribution in [1.82, 2.24) is 0 Å². The van der Waals surface area contributed by atoms with E-state index in [0.717, 1.165) is 0 Å². The number of methoxy groups -OCH3 is 1. The highest BCUT2D eigenvalue weighted by Gasteiger charge is 2.19. The molecule has 3 rings (SSSR count). The number of nitrogens with one attached hydrogen (secondary N) is 1. The van der Waals surface area contributed by atoms with Gasteiger partial charge >= 0.3 is 5.97 Å². The molecule has 0 saturated carbocycles. The van der Waals surface area contributed by atoms with Crippen molar-refractivity contribution >= 4 is 44.3 Å². The SMILES string of the molecule is COC(=O)c1cc2cc(NS(=O)(=O)c3cccc(Cl)c3C)ccc2o1. The van der Waals surface area contributed by atoms with Crippen LogP contribution in [0.25, 0.3) is 11.0 Å². The van der Waals surface area contributed by atoms with Crippen LogP contribution >= 0.6 is 11.6 Å². The van der Waals surface area contributed by atoms with Gasteiger partial charge in [0.1, 0.15) is 5.58 Å². The second-order valence-electron chi connectivity index (χ2n) is 5.32. The van der Waals surface area contributed by atoms with Crippen LogP contribution in [0.2, 0.25) is 5.02 Å². The molecule has 0 unspecified atom stereocenters. The van der Waals surface area contributed by atoms with Crippen LogP contribution in [0.15, 0.2) is 51.8 Å². The summed E-state index contributed by atoms with van der Waals surface area (Å²) < 4.78 is 37.7. The number of furan rings is 1. The number of hydrogen-bond acceptors (Lipinski definition) is 5. The number of carbonyl (C=O) groups excluding carboxylic acids is 1. The van der Waals surface area contributed by atoms with Gasteiger partial charge in [-0.1, -0.05) is 17.7 Å². The normalized spacial score (nSPS) is 11.5. The minimum atomic E-state index is -3.81. The van der Waals surface area contributed by atoms with Gasteiger partial charge in [-0.2, -0.15) is 0 Å². The van der Waals surface area contributed by atoms with Crippen molar-refractivity contribution in [2.45, 2.75) is 11.8 Å². The third-order valence-electron chi connectivity index (χ3n) is 3.66. The summed E-state index contributed by atoms with van der Waals surface area (Å²) in [6.07, 6.45) is 0. The van der Waals surface area contributed by atoms with Crippen molar-refractivity contribution in [3.05, 3.63) is 58.8 Å². The summed E-state index contributed by atoms with van der Waals surface area (Å²) in [6, 6.07) is 10.9. The third kappa shape index (κ3) is 3.33. The molecule has 0 aliphatic carbocycles. The molecule has 25 heavy (non-hydrogen) atoms. The zero-order valence-corrected chi connectivity index (χ0v) is 14.9. The second-order valence-corrected chi connectivity index (χ2v) is 7.38. The number of anilines is 1. The lowest BCUT2D eigenvalue weighted by molar-refractivity contribution is 0.0567. The van der Waals surface area contributed by atoms with Crippen molar-refractivity contribution in [1.29, 1.82) is 0 Å². The Morgan fingerprint density at radius 1 is 1.20 bits per heavy atom. The Hall–Kier alpha value is -2.51. The largest absolute Gasteiger partial charge is 0.463 e. The number of ether oxygens (including phenoxy) is 1. The quantitative estimate of drug-likeness (QED) is 0.693. The van der Waals surface area contributed by atoms with E-state index in [1.54, 1.807) is 37.3 Å². The Kier molecular flexibility index (Phi) is 4.45. The molecule has 0 atom stereocenters. The molecule has 2 aromatic carbocycles. The van der Waals surface area contributed by atoms with Crippen LogP contribution in [-0.2, 0) is 14.8 Å². The van der Waals surface area contributed by atoms with Crippen molar-refractivity contribution < 1.29 is 22.4 Å². The van der Waals surface area contributed by atoms with E-state index < -0.39 is 16.0 Å². The first-order valence-electron chi connectivity index (χ1n) is 7.21. The summed E-state index contributed by atoms with van der Waals surface area (Å²) in [6.45, 7) is 1.64. The molecule has 0 radical (unpaired) electrons. The Balaban J connectivity index is 1.97. The number of hydrogen-bond donors (Lipinski definition) is 1. The Morgan fingerprint density at radius 3 is 2.68 bits per heavy atom. The van der Waals surface area contributed by atoms with Crippen molar-refractivity contribution in [2.24, 2.45) is 0 Å². The van der Waals surface area contributed by atoms with Crippen molar-refractivity contribution in [3.8, 4) is 0 Å². The fraction of sp³-hybridized carbons (Fsp3) is 0.118. The standard InChI is InChI=1S/C17H14ClNO5S/c1-10-13(18)4-3-5-16(10)25(21,22)19-12-6-7-14-11(8-12)9-15(24-14)17(20)23-2/h3-9,19H,1-2H3. The number of esters is 1. The van der Waals surface area contributed by atoms with Gasteiger partial charge in [0.15, 0.2) is 0 Å². The maximum Gasteiger partial charge on any atom is 0.373 e. The van der Waals surface area contributed by atoms with Gasteiger partial charge < -0.3 is 9.15 Å². The van der Waals surface area contributed by atoms with E-state index >= 15 is 0 Å². The maximum absolute atomic E-state index is 12.6. The fourth-order valence-corrected chi connectivity index (χ4v) is 3.95. The maximum atomic E-state index is 12.6. The zero-order chi connectivity index (χ0) is 18.2. The van der Waals surface area contributed by atoms with Crippen LogP contribution < -0.4 is 4.72 Å². The average Bonchev–Trinajstić information content (AvgIpc) is 2.99. The van der Waals surface area contributed by atoms with Gasteiger partial charge in [0.2, 0.25) is 5.76 Å². The third-order valence-corrected chi connectivity index (χ3v) is 5.60. The van der Waals surface area contributed by atoms with Gasteiger partial charge in [0, 0.05) is 16.1 Å². The highest BCUT2D eigenvalue weighted by molar-refractivity contribution is 7.92. The Labute approximate surface area is 149 Å². The zero-order valence-electron chi connectivity index (χ0n) is 13.4. The smallest absolute Gasteiger partial charge is 0.373 e. The molecular weight excluding hydrogens is 366 g/mol. The molecule has 130 valence electrons. The van der Waals surface area contributed by atoms with E-state index in [2.05, 4.69) is 9.46 Å². The van der Waals surface area contributed by atoms with Crippen LogP contribution in [0.1, 0.15) is 16.1 Å². The molecule has 8 heteroatoms. The fourth-order valence-electron chi connectivity index (χ4n) is 2.40. The van der Waals surface area contributed by atoms with E-state index in [-0.39, 0.29) is 10.7 Å². The lowest BCUT2D eigenvalue weighted by Gasteiger charge is -2.11. The van der Waals surface area contributed by atoms with Gasteiger partial charge in [-0.25, -0.2) is 13.2 Å². The molecule has 0 bridgehead atoms. The first-order chi connectivity index (χ1) is 11.8. The molecule has 1 aromatic heterocycles. The summed E-state index contributed by atoms with van der Waals surface area (Å²) in [4.78, 5) is 11.6. The Bertz CT molecular complexity index is 1070. The molecule has 0 aliphatic rings. The number of benzene rings is 2. The van der Waals surface area contributed by atoms with Crippen molar-refractivity contribution in [2.75, 3.05) is 11.8 Å². The number of halogens is 1. The molecule has 1 heterocycles. The highest BCUT2D eigenvalue weighted by atomic mass is 35.5. The van der Waals surface area contributed by atoms with Crippen LogP contribution in [0.4, 0.5) is 5.69 Å². The first-order valence-corrected chi connectivity index (χ1v) is 9.08. The van der Waals surface area contributed by atoms with E-state index in [9.17, 15) is 13.2 Å². The predicted molar refractivity (Wildman–Crippen MR) is 94.6 cm³/mol. The molecule has 0 fully saturated rings. The van der Waals surface area contributed by atoms with Crippen LogP contribution in [-0.4, -0.2) is 21.5 Å². The number of sulfonamides is 1. The summed E-state index contributed by atoms with van der Waals surface area (Å²) in [5, 5.41) is 0.944. The van der Waals surface area contributed by atoms with Gasteiger partial charge in [0.05, 0.1) is 12.0 Å². The first kappa shape index (κ1) is 17.3. The molecule has 0 saturated heterocycles. The molecule has 0 amide bonds. The summed E-state index contributed by atoms with van der Waals surface area (Å²) >= 11 is 6.00. The van der Waals surface area contributed by atoms with E-state index in [4.69, 9.17) is 16.0 Å². The number of fused-ring (bicyclic) bond motifs is 1. The Morgan fingerprint density at radius 2 is 1.96 bits per heavy atom. The van der Waals surface area contributed by atoms with Gasteiger partial charge in [0.25, 0.3) is 10.0 Å². The topological polar surface area (TPSA) is 85.6 Å². The molecule has 0 aliphatic heterocycles. The molecule has 1 N–H and O–H groups in total. The van der Waals surface area contributed by atoms with E-state index in [1.807, 2.05) is 0 Å². The summed E-state index contributed by atoms with van der Waals surface area (Å²) in [7, 11) is -2.55. The second kappa shape index (κ2) is 6.42. The van der Waals surface area contributed by atoms with E-state index in [0.29, 0.717) is 27.2 Å². The average molecular weight is 380 g/mol. The monoisotopic (exact) mass is 379 g/mol. The molecular formula is C17H14ClNO5S. The van der Waals surface area contributed by atoms with Crippen LogP contribution in [0, 0.1) is 6.92 Å². The summed E-state index contributed by atoms with van der Waals surface area (Å²) in [5.41, 5.74) is 1.25. The van der Waals surface area contributed by atoms with Gasteiger partial charge in [-0.15, -0.1) is 0 Å². The predicted octanol–water partition coefficient (Wildman–Crippen LogP) is 3.98. The molecule has 6 nitrogen and oxygen atoms in total. The van der Waals surface area contributed by atoms with Gasteiger partial charge in [-0.05, 0) is 48.9 Å². The minimum absolute atomic E-state index is 0.0446. The van der Waals surface area contributed by atoms with Crippen LogP contribution in [0.5, 0.6) is 0 Å². The molecule has 3 aromatic rings. The lowest BCUT2D eigenvalue weighted by atomic mass is 10.2. The molecule has 0 spiro atoms. The minimum Gasteiger partial charge on any atom is -0.463 e. The highest BCUT2D eigenvalue weighted by Crippen LogP contribution is 2.27. The number of carbonyl (C=O) groups is 1. The van der Waals surface area contributed by atoms with E-state index in [1.165, 1.54) is 19.2 Å². The van der Waals surface area contributed by atoms with Crippen molar-refractivity contribution in [3.63, 3.8) is 0 Å². The summed E-state index contributed by atoms with van der Waals surface area (Å²) in [5.74, 6) is -0.559.